The van der Waals surface area contributed by atoms with Gasteiger partial charge in [0, 0.05) is 24.2 Å². The second-order valence-electron chi connectivity index (χ2n) is 8.39. The number of anilines is 1. The fraction of sp³-hybridized carbons (Fsp3) is 0.280. The molecule has 0 bridgehead atoms. The van der Waals surface area contributed by atoms with Crippen molar-refractivity contribution >= 4 is 29.4 Å². The second-order valence-corrected chi connectivity index (χ2v) is 8.80. The van der Waals surface area contributed by atoms with E-state index in [4.69, 9.17) is 28.2 Å². The van der Waals surface area contributed by atoms with Gasteiger partial charge in [-0.05, 0) is 49.4 Å². The van der Waals surface area contributed by atoms with Crippen molar-refractivity contribution in [2.24, 2.45) is 5.73 Å². The predicted octanol–water partition coefficient (Wildman–Crippen LogP) is 3.63. The average Bonchev–Trinajstić information content (AvgIpc) is 2.84. The molecule has 3 aromatic rings. The van der Waals surface area contributed by atoms with Crippen molar-refractivity contribution in [3.8, 4) is 22.5 Å². The number of benzene rings is 2. The highest BCUT2D eigenvalue weighted by atomic mass is 35.5. The van der Waals surface area contributed by atoms with Gasteiger partial charge in [0.05, 0.1) is 22.0 Å². The predicted molar refractivity (Wildman–Crippen MR) is 131 cm³/mol. The zero-order chi connectivity index (χ0) is 24.2. The van der Waals surface area contributed by atoms with Crippen LogP contribution in [0.25, 0.3) is 22.5 Å². The third kappa shape index (κ3) is 5.35. The number of amides is 1. The number of aromatic nitrogens is 2. The van der Waals surface area contributed by atoms with E-state index in [1.165, 1.54) is 0 Å². The van der Waals surface area contributed by atoms with Gasteiger partial charge in [-0.25, -0.2) is 9.97 Å². The van der Waals surface area contributed by atoms with Crippen LogP contribution in [-0.4, -0.2) is 51.0 Å². The van der Waals surface area contributed by atoms with Crippen molar-refractivity contribution in [1.29, 1.82) is 0 Å². The molecule has 1 aliphatic heterocycles. The molecule has 1 aliphatic rings. The molecule has 1 fully saturated rings. The highest BCUT2D eigenvalue weighted by Crippen LogP contribution is 2.29. The minimum absolute atomic E-state index is 0.0797. The van der Waals surface area contributed by atoms with Gasteiger partial charge < -0.3 is 21.5 Å². The fourth-order valence-corrected chi connectivity index (χ4v) is 4.23. The Balaban J connectivity index is 1.62. The van der Waals surface area contributed by atoms with E-state index < -0.39 is 12.0 Å². The van der Waals surface area contributed by atoms with Crippen LogP contribution in [0.2, 0.25) is 5.02 Å². The molecule has 0 radical (unpaired) electrons. The highest BCUT2D eigenvalue weighted by molar-refractivity contribution is 6.34. The van der Waals surface area contributed by atoms with Gasteiger partial charge in [0.15, 0.2) is 0 Å². The monoisotopic (exact) mass is 479 g/mol. The summed E-state index contributed by atoms with van der Waals surface area (Å²) in [5.41, 5.74) is 15.6. The number of nitrogen functional groups attached to an aromatic ring is 1. The normalized spacial score (nSPS) is 14.6. The lowest BCUT2D eigenvalue weighted by atomic mass is 10.0. The molecule has 34 heavy (non-hydrogen) atoms. The summed E-state index contributed by atoms with van der Waals surface area (Å²) in [6.45, 7) is 1.47. The third-order valence-electron chi connectivity index (χ3n) is 5.90. The molecule has 0 spiro atoms. The highest BCUT2D eigenvalue weighted by Gasteiger charge is 2.21. The number of carboxylic acids is 1. The standard InChI is InChI=1S/C25H26ClN5O3/c26-19-9-8-17(13-18(19)23(32)31-10-2-1-3-11-31)22-14-21(29-25(28)30-22)16-6-4-15(5-7-16)12-20(27)24(33)34/h4-9,13-14,20H,1-3,10-12,27H2,(H,33,34)(H2,28,29,30). The number of nitrogens with zero attached hydrogens (tertiary/aromatic N) is 3. The number of hydrogen-bond acceptors (Lipinski definition) is 6. The van der Waals surface area contributed by atoms with E-state index in [9.17, 15) is 9.59 Å². The van der Waals surface area contributed by atoms with Crippen molar-refractivity contribution in [1.82, 2.24) is 14.9 Å². The number of hydrogen-bond donors (Lipinski definition) is 3. The molecule has 1 unspecified atom stereocenters. The van der Waals surface area contributed by atoms with Gasteiger partial charge in [-0.2, -0.15) is 0 Å². The Morgan fingerprint density at radius 2 is 1.59 bits per heavy atom. The van der Waals surface area contributed by atoms with E-state index in [2.05, 4.69) is 9.97 Å². The number of nitrogens with two attached hydrogens (primary N) is 2. The molecule has 176 valence electrons. The van der Waals surface area contributed by atoms with E-state index >= 15 is 0 Å². The van der Waals surface area contributed by atoms with Gasteiger partial charge in [0.2, 0.25) is 5.95 Å². The van der Waals surface area contributed by atoms with Crippen LogP contribution in [0.1, 0.15) is 35.2 Å². The lowest BCUT2D eigenvalue weighted by Crippen LogP contribution is -2.35. The minimum Gasteiger partial charge on any atom is -0.480 e. The first-order valence-corrected chi connectivity index (χ1v) is 11.5. The number of rotatable bonds is 6. The molecule has 1 atom stereocenters. The summed E-state index contributed by atoms with van der Waals surface area (Å²) in [5, 5.41) is 9.40. The van der Waals surface area contributed by atoms with E-state index in [0.29, 0.717) is 27.5 Å². The SMILES string of the molecule is Nc1nc(-c2ccc(CC(N)C(=O)O)cc2)cc(-c2ccc(Cl)c(C(=O)N3CCCCC3)c2)n1. The number of carbonyl (C=O) groups is 2. The lowest BCUT2D eigenvalue weighted by Gasteiger charge is -2.27. The van der Waals surface area contributed by atoms with Crippen molar-refractivity contribution < 1.29 is 14.7 Å². The summed E-state index contributed by atoms with van der Waals surface area (Å²) >= 11 is 6.38. The molecule has 0 aliphatic carbocycles. The zero-order valence-corrected chi connectivity index (χ0v) is 19.3. The van der Waals surface area contributed by atoms with E-state index in [-0.39, 0.29) is 18.3 Å². The molecule has 1 aromatic heterocycles. The summed E-state index contributed by atoms with van der Waals surface area (Å²) in [5.74, 6) is -1.02. The Kier molecular flexibility index (Phi) is 7.09. The molecule has 0 saturated carbocycles. The van der Waals surface area contributed by atoms with Gasteiger partial charge >= 0.3 is 5.97 Å². The number of carbonyl (C=O) groups excluding carboxylic acids is 1. The molecule has 9 heteroatoms. The van der Waals surface area contributed by atoms with Crippen molar-refractivity contribution in [3.05, 3.63) is 64.7 Å². The third-order valence-corrected chi connectivity index (χ3v) is 6.23. The van der Waals surface area contributed by atoms with E-state index in [1.807, 2.05) is 29.2 Å². The van der Waals surface area contributed by atoms with Crippen molar-refractivity contribution in [2.75, 3.05) is 18.8 Å². The van der Waals surface area contributed by atoms with Crippen LogP contribution in [0.5, 0.6) is 0 Å². The first-order valence-electron chi connectivity index (χ1n) is 11.1. The molecule has 2 heterocycles. The van der Waals surface area contributed by atoms with E-state index in [1.54, 1.807) is 24.3 Å². The summed E-state index contributed by atoms with van der Waals surface area (Å²) in [4.78, 5) is 34.6. The molecule has 1 amide bonds. The zero-order valence-electron chi connectivity index (χ0n) is 18.6. The molecular weight excluding hydrogens is 454 g/mol. The molecule has 4 rings (SSSR count). The van der Waals surface area contributed by atoms with Crippen LogP contribution < -0.4 is 11.5 Å². The number of piperidine rings is 1. The summed E-state index contributed by atoms with van der Waals surface area (Å²) < 4.78 is 0. The van der Waals surface area contributed by atoms with Crippen LogP contribution in [-0.2, 0) is 11.2 Å². The van der Waals surface area contributed by atoms with Gasteiger partial charge in [-0.3, -0.25) is 9.59 Å². The summed E-state index contributed by atoms with van der Waals surface area (Å²) in [6.07, 6.45) is 3.35. The van der Waals surface area contributed by atoms with Crippen molar-refractivity contribution in [2.45, 2.75) is 31.7 Å². The van der Waals surface area contributed by atoms with Crippen LogP contribution in [0.3, 0.4) is 0 Å². The quantitative estimate of drug-likeness (QED) is 0.491. The summed E-state index contributed by atoms with van der Waals surface area (Å²) in [6, 6.07) is 13.4. The maximum Gasteiger partial charge on any atom is 0.320 e. The summed E-state index contributed by atoms with van der Waals surface area (Å²) in [7, 11) is 0. The molecule has 8 nitrogen and oxygen atoms in total. The van der Waals surface area contributed by atoms with Crippen LogP contribution in [0.4, 0.5) is 5.95 Å². The Hall–Kier alpha value is -3.49. The van der Waals surface area contributed by atoms with Crippen LogP contribution >= 0.6 is 11.6 Å². The van der Waals surface area contributed by atoms with Gasteiger partial charge in [0.25, 0.3) is 5.91 Å². The largest absolute Gasteiger partial charge is 0.480 e. The number of carboxylic acid groups (broad SMARTS) is 1. The number of aliphatic carboxylic acids is 1. The lowest BCUT2D eigenvalue weighted by molar-refractivity contribution is -0.138. The maximum atomic E-state index is 13.0. The topological polar surface area (TPSA) is 135 Å². The molecule has 1 saturated heterocycles. The second kappa shape index (κ2) is 10.2. The first-order chi connectivity index (χ1) is 16.3. The smallest absolute Gasteiger partial charge is 0.320 e. The Morgan fingerprint density at radius 1 is 0.971 bits per heavy atom. The maximum absolute atomic E-state index is 13.0. The Morgan fingerprint density at radius 3 is 2.24 bits per heavy atom. The molecule has 2 aromatic carbocycles. The fourth-order valence-electron chi connectivity index (χ4n) is 4.03. The number of likely N-dealkylation sites (tertiary alicyclic amines) is 1. The van der Waals surface area contributed by atoms with Crippen molar-refractivity contribution in [3.63, 3.8) is 0 Å². The van der Waals surface area contributed by atoms with Gasteiger partial charge in [0.1, 0.15) is 6.04 Å². The Bertz CT molecular complexity index is 1210. The Labute approximate surface area is 202 Å². The molecule has 5 N–H and O–H groups in total. The van der Waals surface area contributed by atoms with Gasteiger partial charge in [-0.15, -0.1) is 0 Å². The number of halogens is 1. The van der Waals surface area contributed by atoms with E-state index in [0.717, 1.165) is 43.5 Å². The first kappa shape index (κ1) is 23.7. The van der Waals surface area contributed by atoms with Crippen LogP contribution in [0.15, 0.2) is 48.5 Å². The average molecular weight is 480 g/mol. The minimum atomic E-state index is -1.04. The van der Waals surface area contributed by atoms with Gasteiger partial charge in [-0.1, -0.05) is 41.9 Å². The van der Waals surface area contributed by atoms with Crippen LogP contribution in [0, 0.1) is 0 Å². The molecular formula is C25H26ClN5O3.